The van der Waals surface area contributed by atoms with E-state index in [0.717, 1.165) is 45.1 Å². The van der Waals surface area contributed by atoms with E-state index in [0.29, 0.717) is 12.6 Å². The van der Waals surface area contributed by atoms with Crippen molar-refractivity contribution in [3.05, 3.63) is 0 Å². The molecule has 3 aliphatic rings. The first-order chi connectivity index (χ1) is 14.2. The molecule has 2 saturated heterocycles. The molecule has 0 aromatic rings. The average molecular weight is 423 g/mol. The maximum Gasteiger partial charge on any atom is 0.328 e. The highest BCUT2D eigenvalue weighted by atomic mass is 16.6. The van der Waals surface area contributed by atoms with E-state index in [2.05, 4.69) is 4.99 Å². The van der Waals surface area contributed by atoms with Gasteiger partial charge in [-0.05, 0) is 33.6 Å². The van der Waals surface area contributed by atoms with Crippen molar-refractivity contribution >= 4 is 24.2 Å². The Morgan fingerprint density at radius 1 is 1.20 bits per heavy atom. The molecule has 0 saturated carbocycles. The van der Waals surface area contributed by atoms with E-state index in [9.17, 15) is 14.4 Å². The molecule has 0 N–H and O–H groups in total. The Morgan fingerprint density at radius 2 is 1.87 bits per heavy atom. The standard InChI is InChI=1S/C21H34N4O5/c1-21(2,3)19(27)30-14-24-13-22-17-16(24)18(26)25(20(28)23(17)4)11-9-7-5-6-8-10-15-12-29-15/h13,15-17H,5-12,14H2,1-4H3. The minimum Gasteiger partial charge on any atom is -0.444 e. The predicted octanol–water partition coefficient (Wildman–Crippen LogP) is 2.21. The molecule has 0 aromatic heterocycles. The third kappa shape index (κ3) is 5.30. The Kier molecular flexibility index (Phi) is 7.00. The average Bonchev–Trinajstić information content (AvgIpc) is 3.41. The Balaban J connectivity index is 1.48. The second-order valence-corrected chi connectivity index (χ2v) is 9.34. The van der Waals surface area contributed by atoms with Gasteiger partial charge in [0, 0.05) is 13.6 Å². The van der Waals surface area contributed by atoms with Gasteiger partial charge in [-0.25, -0.2) is 9.79 Å². The number of urea groups is 1. The lowest BCUT2D eigenvalue weighted by atomic mass is 9.97. The second-order valence-electron chi connectivity index (χ2n) is 9.34. The monoisotopic (exact) mass is 422 g/mol. The molecular formula is C21H34N4O5. The van der Waals surface area contributed by atoms with Crippen LogP contribution < -0.4 is 0 Å². The number of rotatable bonds is 10. The fourth-order valence-electron chi connectivity index (χ4n) is 3.69. The number of aliphatic imine (C=N–C) groups is 1. The van der Waals surface area contributed by atoms with Crippen LogP contribution in [-0.2, 0) is 19.1 Å². The molecule has 3 unspecified atom stereocenters. The van der Waals surface area contributed by atoms with Crippen molar-refractivity contribution in [3.63, 3.8) is 0 Å². The van der Waals surface area contributed by atoms with Crippen molar-refractivity contribution in [2.24, 2.45) is 10.4 Å². The van der Waals surface area contributed by atoms with Gasteiger partial charge in [-0.3, -0.25) is 14.5 Å². The molecule has 0 radical (unpaired) electrons. The number of hydrogen-bond donors (Lipinski definition) is 0. The van der Waals surface area contributed by atoms with Gasteiger partial charge in [-0.15, -0.1) is 0 Å². The van der Waals surface area contributed by atoms with Crippen molar-refractivity contribution in [3.8, 4) is 0 Å². The van der Waals surface area contributed by atoms with Gasteiger partial charge in [0.15, 0.2) is 18.9 Å². The Morgan fingerprint density at radius 3 is 2.53 bits per heavy atom. The zero-order valence-electron chi connectivity index (χ0n) is 18.5. The van der Waals surface area contributed by atoms with Crippen LogP contribution in [0, 0.1) is 5.41 Å². The minimum absolute atomic E-state index is 0.0624. The molecule has 3 aliphatic heterocycles. The number of epoxide rings is 1. The molecular weight excluding hydrogens is 388 g/mol. The molecule has 2 fully saturated rings. The van der Waals surface area contributed by atoms with E-state index < -0.39 is 17.6 Å². The highest BCUT2D eigenvalue weighted by Gasteiger charge is 2.49. The molecule has 0 aromatic carbocycles. The largest absolute Gasteiger partial charge is 0.444 e. The first kappa shape index (κ1) is 22.5. The number of fused-ring (bicyclic) bond motifs is 1. The van der Waals surface area contributed by atoms with Crippen LogP contribution in [0.4, 0.5) is 4.79 Å². The smallest absolute Gasteiger partial charge is 0.328 e. The molecule has 9 nitrogen and oxygen atoms in total. The summed E-state index contributed by atoms with van der Waals surface area (Å²) in [5, 5.41) is 0. The van der Waals surface area contributed by atoms with E-state index in [-0.39, 0.29) is 24.6 Å². The lowest BCUT2D eigenvalue weighted by Crippen LogP contribution is -2.65. The molecule has 3 atom stereocenters. The number of carbonyl (C=O) groups excluding carboxylic acids is 3. The molecule has 3 rings (SSSR count). The zero-order valence-corrected chi connectivity index (χ0v) is 18.5. The van der Waals surface area contributed by atoms with Crippen molar-refractivity contribution in [1.29, 1.82) is 0 Å². The van der Waals surface area contributed by atoms with Crippen LogP contribution >= 0.6 is 0 Å². The van der Waals surface area contributed by atoms with E-state index >= 15 is 0 Å². The maximum absolute atomic E-state index is 13.1. The van der Waals surface area contributed by atoms with Crippen molar-refractivity contribution < 1.29 is 23.9 Å². The predicted molar refractivity (Wildman–Crippen MR) is 111 cm³/mol. The van der Waals surface area contributed by atoms with Gasteiger partial charge in [0.2, 0.25) is 0 Å². The number of carbonyl (C=O) groups is 3. The van der Waals surface area contributed by atoms with Gasteiger partial charge >= 0.3 is 12.0 Å². The van der Waals surface area contributed by atoms with Gasteiger partial charge in [0.25, 0.3) is 5.91 Å². The van der Waals surface area contributed by atoms with Crippen LogP contribution in [0.5, 0.6) is 0 Å². The minimum atomic E-state index is -0.654. The summed E-state index contributed by atoms with van der Waals surface area (Å²) in [6.07, 6.45) is 7.68. The number of likely N-dealkylation sites (N-methyl/N-ethyl adjacent to an activating group) is 1. The Labute approximate surface area is 178 Å². The fraction of sp³-hybridized carbons (Fsp3) is 0.810. The zero-order chi connectivity index (χ0) is 21.9. The number of nitrogens with zero attached hydrogens (tertiary/aromatic N) is 4. The topological polar surface area (TPSA) is 95.1 Å². The summed E-state index contributed by atoms with van der Waals surface area (Å²) in [6.45, 7) is 6.56. The van der Waals surface area contributed by atoms with E-state index in [1.807, 2.05) is 0 Å². The van der Waals surface area contributed by atoms with E-state index in [4.69, 9.17) is 9.47 Å². The van der Waals surface area contributed by atoms with Crippen molar-refractivity contribution in [2.45, 2.75) is 77.6 Å². The lowest BCUT2D eigenvalue weighted by molar-refractivity contribution is -0.159. The fourth-order valence-corrected chi connectivity index (χ4v) is 3.69. The highest BCUT2D eigenvalue weighted by Crippen LogP contribution is 2.26. The van der Waals surface area contributed by atoms with E-state index in [1.165, 1.54) is 16.1 Å². The molecule has 9 heteroatoms. The number of ether oxygens (including phenoxy) is 2. The summed E-state index contributed by atoms with van der Waals surface area (Å²) in [4.78, 5) is 46.5. The molecule has 3 heterocycles. The van der Waals surface area contributed by atoms with Crippen LogP contribution in [0.2, 0.25) is 0 Å². The van der Waals surface area contributed by atoms with Crippen molar-refractivity contribution in [2.75, 3.05) is 26.9 Å². The first-order valence-electron chi connectivity index (χ1n) is 10.9. The van der Waals surface area contributed by atoms with Crippen LogP contribution in [0.15, 0.2) is 4.99 Å². The number of imide groups is 1. The van der Waals surface area contributed by atoms with Gasteiger partial charge in [-0.2, -0.15) is 0 Å². The third-order valence-corrected chi connectivity index (χ3v) is 5.72. The Bertz CT molecular complexity index is 685. The molecule has 0 bridgehead atoms. The van der Waals surface area contributed by atoms with Crippen LogP contribution in [0.3, 0.4) is 0 Å². The summed E-state index contributed by atoms with van der Waals surface area (Å²) < 4.78 is 10.6. The first-order valence-corrected chi connectivity index (χ1v) is 10.9. The van der Waals surface area contributed by atoms with Crippen molar-refractivity contribution in [1.82, 2.24) is 14.7 Å². The summed E-state index contributed by atoms with van der Waals surface area (Å²) in [7, 11) is 1.65. The second kappa shape index (κ2) is 9.32. The van der Waals surface area contributed by atoms with Gasteiger partial charge < -0.3 is 19.3 Å². The summed E-state index contributed by atoms with van der Waals surface area (Å²) in [5.74, 6) is -0.629. The van der Waals surface area contributed by atoms with Gasteiger partial charge in [0.05, 0.1) is 24.5 Å². The summed E-state index contributed by atoms with van der Waals surface area (Å²) in [6, 6.07) is -0.975. The number of esters is 1. The Hall–Kier alpha value is -2.16. The van der Waals surface area contributed by atoms with E-state index in [1.54, 1.807) is 32.7 Å². The lowest BCUT2D eigenvalue weighted by Gasteiger charge is -2.41. The summed E-state index contributed by atoms with van der Waals surface area (Å²) in [5.41, 5.74) is -0.628. The third-order valence-electron chi connectivity index (χ3n) is 5.72. The number of hydrogen-bond acceptors (Lipinski definition) is 7. The SMILES string of the molecule is CN1C(=O)N(CCCCCCCC2CO2)C(=O)C2C1N=CN2COC(=O)C(C)(C)C. The molecule has 30 heavy (non-hydrogen) atoms. The number of amides is 3. The maximum atomic E-state index is 13.1. The van der Waals surface area contributed by atoms with Gasteiger partial charge in [-0.1, -0.05) is 25.7 Å². The van der Waals surface area contributed by atoms with Gasteiger partial charge in [0.1, 0.15) is 0 Å². The molecule has 168 valence electrons. The van der Waals surface area contributed by atoms with Crippen LogP contribution in [0.1, 0.15) is 59.3 Å². The molecule has 0 aliphatic carbocycles. The number of unbranched alkanes of at least 4 members (excludes halogenated alkanes) is 4. The highest BCUT2D eigenvalue weighted by molar-refractivity contribution is 6.02. The quantitative estimate of drug-likeness (QED) is 0.304. The molecule has 0 spiro atoms. The summed E-state index contributed by atoms with van der Waals surface area (Å²) >= 11 is 0. The van der Waals surface area contributed by atoms with Crippen LogP contribution in [-0.4, -0.2) is 84.2 Å². The van der Waals surface area contributed by atoms with Crippen LogP contribution in [0.25, 0.3) is 0 Å². The normalized spacial score (nSPS) is 25.7. The molecule has 3 amide bonds.